The van der Waals surface area contributed by atoms with Crippen molar-refractivity contribution in [3.8, 4) is 5.75 Å². The summed E-state index contributed by atoms with van der Waals surface area (Å²) in [7, 11) is 0. The van der Waals surface area contributed by atoms with Gasteiger partial charge in [-0.05, 0) is 61.7 Å². The molecule has 2 heterocycles. The maximum atomic E-state index is 6.05. The molecule has 0 bridgehead atoms. The Kier molecular flexibility index (Phi) is 8.13. The lowest BCUT2D eigenvalue weighted by molar-refractivity contribution is 0.220. The van der Waals surface area contributed by atoms with Gasteiger partial charge in [-0.2, -0.15) is 8.75 Å². The van der Waals surface area contributed by atoms with Crippen LogP contribution in [0.2, 0.25) is 0 Å². The van der Waals surface area contributed by atoms with E-state index in [9.17, 15) is 0 Å². The van der Waals surface area contributed by atoms with Gasteiger partial charge in [-0.15, -0.1) is 0 Å². The Morgan fingerprint density at radius 2 is 1.87 bits per heavy atom. The second kappa shape index (κ2) is 11.7. The van der Waals surface area contributed by atoms with Gasteiger partial charge >= 0.3 is 0 Å². The molecule has 0 unspecified atom stereocenters. The first-order valence-corrected chi connectivity index (χ1v) is 11.9. The molecule has 0 atom stereocenters. The maximum absolute atomic E-state index is 6.05. The second-order valence-corrected chi connectivity index (χ2v) is 8.47. The minimum Gasteiger partial charge on any atom is -0.494 e. The van der Waals surface area contributed by atoms with E-state index in [1.807, 2.05) is 0 Å². The van der Waals surface area contributed by atoms with Crippen LogP contribution in [0, 0.1) is 0 Å². The molecule has 1 aliphatic rings. The van der Waals surface area contributed by atoms with Crippen LogP contribution in [-0.2, 0) is 13.1 Å². The lowest BCUT2D eigenvalue weighted by atomic mass is 10.1. The third kappa shape index (κ3) is 6.94. The molecule has 2 N–H and O–H groups in total. The van der Waals surface area contributed by atoms with Crippen LogP contribution in [-0.4, -0.2) is 39.9 Å². The van der Waals surface area contributed by atoms with Gasteiger partial charge in [-0.3, -0.25) is 4.90 Å². The van der Waals surface area contributed by atoms with Crippen LogP contribution < -0.4 is 15.4 Å². The molecular weight excluding hydrogens is 406 g/mol. The zero-order valence-electron chi connectivity index (χ0n) is 17.9. The Balaban J connectivity index is 1.34. The van der Waals surface area contributed by atoms with Gasteiger partial charge in [-0.25, -0.2) is 0 Å². The highest BCUT2D eigenvalue weighted by Crippen LogP contribution is 2.26. The van der Waals surface area contributed by atoms with Crippen molar-refractivity contribution >= 4 is 23.2 Å². The van der Waals surface area contributed by atoms with Gasteiger partial charge in [0.25, 0.3) is 0 Å². The molecule has 164 valence electrons. The minimum absolute atomic E-state index is 0.671. The number of benzene rings is 2. The molecule has 0 radical (unpaired) electrons. The predicted molar refractivity (Wildman–Crippen MR) is 128 cm³/mol. The zero-order chi connectivity index (χ0) is 21.1. The second-order valence-electron chi connectivity index (χ2n) is 7.92. The number of ether oxygens (including phenoxy) is 1. The average molecular weight is 438 g/mol. The Bertz CT molecular complexity index is 898. The van der Waals surface area contributed by atoms with E-state index in [1.54, 1.807) is 6.20 Å². The lowest BCUT2D eigenvalue weighted by Gasteiger charge is -2.27. The quantitative estimate of drug-likeness (QED) is 0.411. The molecule has 3 aromatic rings. The van der Waals surface area contributed by atoms with Gasteiger partial charge in [0.05, 0.1) is 24.5 Å². The van der Waals surface area contributed by atoms with Crippen molar-refractivity contribution in [2.45, 2.75) is 38.8 Å². The highest BCUT2D eigenvalue weighted by molar-refractivity contribution is 6.99. The number of nitrogens with one attached hydrogen (secondary N) is 2. The van der Waals surface area contributed by atoms with E-state index in [0.29, 0.717) is 6.61 Å². The Morgan fingerprint density at radius 1 is 1.00 bits per heavy atom. The standard InChI is InChI=1S/C24H31N5OS/c1-3-8-20(9-4-1)17-26-23-11-10-22(16-21(23)19-29-13-5-2-6-14-29)30-15-7-12-25-24-18-27-31-28-24/h1,3-4,8-11,16,18,26H,2,5-7,12-15,17,19H2,(H,25,28). The largest absolute Gasteiger partial charge is 0.494 e. The summed E-state index contributed by atoms with van der Waals surface area (Å²) in [5.41, 5.74) is 3.79. The van der Waals surface area contributed by atoms with Gasteiger partial charge in [0.1, 0.15) is 5.75 Å². The van der Waals surface area contributed by atoms with Crippen molar-refractivity contribution in [3.05, 3.63) is 65.9 Å². The SMILES string of the molecule is c1ccc(CNc2ccc(OCCCNc3cnsn3)cc2CN2CCCCC2)cc1. The van der Waals surface area contributed by atoms with Crippen molar-refractivity contribution < 1.29 is 4.74 Å². The summed E-state index contributed by atoms with van der Waals surface area (Å²) in [6.07, 6.45) is 6.60. The Labute approximate surface area is 189 Å². The number of likely N-dealkylation sites (tertiary alicyclic amines) is 1. The molecule has 0 saturated carbocycles. The predicted octanol–water partition coefficient (Wildman–Crippen LogP) is 5.02. The summed E-state index contributed by atoms with van der Waals surface area (Å²) in [6, 6.07) is 17.0. The van der Waals surface area contributed by atoms with Gasteiger partial charge in [0.2, 0.25) is 0 Å². The molecule has 1 saturated heterocycles. The molecule has 1 aliphatic heterocycles. The minimum atomic E-state index is 0.671. The smallest absolute Gasteiger partial charge is 0.160 e. The van der Waals surface area contributed by atoms with Crippen LogP contribution in [0.25, 0.3) is 0 Å². The zero-order valence-corrected chi connectivity index (χ0v) is 18.7. The fourth-order valence-corrected chi connectivity index (χ4v) is 4.23. The van der Waals surface area contributed by atoms with Gasteiger partial charge < -0.3 is 15.4 Å². The molecule has 1 aromatic heterocycles. The fraction of sp³-hybridized carbons (Fsp3) is 0.417. The topological polar surface area (TPSA) is 62.3 Å². The molecule has 0 aliphatic carbocycles. The van der Waals surface area contributed by atoms with E-state index in [-0.39, 0.29) is 0 Å². The number of piperidine rings is 1. The molecular formula is C24H31N5OS. The normalized spacial score (nSPS) is 14.3. The number of hydrogen-bond acceptors (Lipinski definition) is 7. The van der Waals surface area contributed by atoms with E-state index < -0.39 is 0 Å². The van der Waals surface area contributed by atoms with Gasteiger partial charge in [0, 0.05) is 25.3 Å². The van der Waals surface area contributed by atoms with Crippen LogP contribution in [0.3, 0.4) is 0 Å². The van der Waals surface area contributed by atoms with E-state index in [2.05, 4.69) is 72.8 Å². The van der Waals surface area contributed by atoms with Crippen molar-refractivity contribution in [3.63, 3.8) is 0 Å². The fourth-order valence-electron chi connectivity index (χ4n) is 3.84. The van der Waals surface area contributed by atoms with Gasteiger partial charge in [0.15, 0.2) is 5.82 Å². The monoisotopic (exact) mass is 437 g/mol. The molecule has 4 rings (SSSR count). The van der Waals surface area contributed by atoms with Crippen molar-refractivity contribution in [1.29, 1.82) is 0 Å². The molecule has 2 aromatic carbocycles. The highest BCUT2D eigenvalue weighted by atomic mass is 32.1. The summed E-state index contributed by atoms with van der Waals surface area (Å²) >= 11 is 1.22. The first kappa shape index (κ1) is 21.6. The van der Waals surface area contributed by atoms with Gasteiger partial charge in [-0.1, -0.05) is 36.8 Å². The van der Waals surface area contributed by atoms with Crippen LogP contribution >= 0.6 is 11.7 Å². The Hall–Kier alpha value is -2.64. The summed E-state index contributed by atoms with van der Waals surface area (Å²) in [5.74, 6) is 1.77. The summed E-state index contributed by atoms with van der Waals surface area (Å²) < 4.78 is 14.2. The van der Waals surface area contributed by atoms with E-state index in [0.717, 1.165) is 37.6 Å². The van der Waals surface area contributed by atoms with Crippen molar-refractivity contribution in [2.24, 2.45) is 0 Å². The van der Waals surface area contributed by atoms with E-state index in [4.69, 9.17) is 4.74 Å². The molecule has 7 heteroatoms. The van der Waals surface area contributed by atoms with Crippen LogP contribution in [0.5, 0.6) is 5.75 Å². The number of aromatic nitrogens is 2. The first-order chi connectivity index (χ1) is 15.4. The molecule has 6 nitrogen and oxygen atoms in total. The van der Waals surface area contributed by atoms with Crippen LogP contribution in [0.4, 0.5) is 11.5 Å². The van der Waals surface area contributed by atoms with E-state index >= 15 is 0 Å². The summed E-state index contributed by atoms with van der Waals surface area (Å²) in [4.78, 5) is 2.56. The summed E-state index contributed by atoms with van der Waals surface area (Å²) in [6.45, 7) is 5.64. The number of rotatable bonds is 11. The van der Waals surface area contributed by atoms with Crippen LogP contribution in [0.1, 0.15) is 36.8 Å². The maximum Gasteiger partial charge on any atom is 0.160 e. The van der Waals surface area contributed by atoms with Crippen molar-refractivity contribution in [1.82, 2.24) is 13.6 Å². The molecule has 0 spiro atoms. The third-order valence-electron chi connectivity index (χ3n) is 5.50. The average Bonchev–Trinajstić information content (AvgIpc) is 3.33. The number of nitrogens with zero attached hydrogens (tertiary/aromatic N) is 3. The molecule has 1 fully saturated rings. The third-order valence-corrected chi connectivity index (χ3v) is 5.98. The van der Waals surface area contributed by atoms with Crippen LogP contribution in [0.15, 0.2) is 54.7 Å². The first-order valence-electron chi connectivity index (χ1n) is 11.1. The highest BCUT2D eigenvalue weighted by Gasteiger charge is 2.14. The lowest BCUT2D eigenvalue weighted by Crippen LogP contribution is -2.29. The Morgan fingerprint density at radius 3 is 2.68 bits per heavy atom. The number of hydrogen-bond donors (Lipinski definition) is 2. The van der Waals surface area contributed by atoms with Crippen molar-refractivity contribution in [2.75, 3.05) is 36.9 Å². The molecule has 0 amide bonds. The number of anilines is 2. The summed E-state index contributed by atoms with van der Waals surface area (Å²) in [5, 5.41) is 6.89. The van der Waals surface area contributed by atoms with E-state index in [1.165, 1.54) is 60.9 Å². The molecule has 31 heavy (non-hydrogen) atoms.